The number of aliphatic hydroxyl groups is 4. The van der Waals surface area contributed by atoms with Crippen LogP contribution in [0.4, 0.5) is 4.79 Å². The van der Waals surface area contributed by atoms with Gasteiger partial charge in [-0.05, 0) is 82.0 Å². The molecule has 2 heterocycles. The minimum absolute atomic E-state index is 0.0332. The second-order valence-corrected chi connectivity index (χ2v) is 32.6. The third-order valence-electron chi connectivity index (χ3n) is 15.9. The zero-order valence-corrected chi connectivity index (χ0v) is 59.2. The summed E-state index contributed by atoms with van der Waals surface area (Å²) in [6.45, 7) is 16.8. The number of ether oxygens (including phenoxy) is 1. The number of benzene rings is 1. The number of carbonyl (C=O) groups is 12. The molecule has 33 heteroatoms. The maximum Gasteiger partial charge on any atom is 0.408 e. The van der Waals surface area contributed by atoms with Crippen molar-refractivity contribution in [3.05, 3.63) is 66.0 Å². The first-order valence-electron chi connectivity index (χ1n) is 33.0. The average molecular weight is 1400 g/mol. The van der Waals surface area contributed by atoms with Gasteiger partial charge in [-0.1, -0.05) is 110 Å². The number of nitrogens with one attached hydrogen (secondary N) is 11. The van der Waals surface area contributed by atoms with E-state index in [0.29, 0.717) is 12.0 Å². The molecule has 1 aromatic heterocycles. The number of carbonyl (C=O) groups excluding carboxylic acids is 12. The molecule has 0 spiro atoms. The van der Waals surface area contributed by atoms with E-state index < -0.39 is 201 Å². The van der Waals surface area contributed by atoms with Crippen LogP contribution >= 0.6 is 0 Å². The molecule has 32 nitrogen and oxygen atoms in total. The molecule has 0 bridgehead atoms. The van der Waals surface area contributed by atoms with Crippen molar-refractivity contribution in [2.45, 2.75) is 218 Å². The van der Waals surface area contributed by atoms with Gasteiger partial charge in [0.25, 0.3) is 0 Å². The standard InChI is InChI=1S/C65H105N15O17Si/c1-13-15-24-41-55(88)72-42(25-20-27-69-63(66)67)56(89)77-49(36(5)14-2)61(94)78-50(37(6)83)60(93)70-31-48(85)71-44(32-81)57(90)75-45(33-82)58(91)79-51(39-22-17-16-18-23-39)40(54(87)80-52(62(95)73-41)53(86)35(3)4)29-47(84)43(28-38-21-19-26-68-30-38)74-59(92)46(34-98(10,11)12)76-64(96)97-65(7,8)9/h16-19,21-23,26,30,35-37,40-46,49-53,81-83,86H,13-15,20,24-25,27-29,31-34H2,1-12H3,(H,70,93)(H,71,85)(H,72,88)(H,73,95)(H,74,92)(H,75,90)(H,76,96)(H,77,89)(H,78,94)(H,79,91)(H,80,87)(H4,66,67,69)/t36-,37-,40-,41-,42+,43-,44-,45?,46+,49-,50-,51+,52-,53+/m0/s1. The van der Waals surface area contributed by atoms with Crippen LogP contribution in [-0.2, 0) is 63.9 Å². The Morgan fingerprint density at radius 2 is 1.22 bits per heavy atom. The second kappa shape index (κ2) is 40.3. The van der Waals surface area contributed by atoms with Gasteiger partial charge in [-0.15, -0.1) is 0 Å². The van der Waals surface area contributed by atoms with E-state index in [0.717, 1.165) is 6.92 Å². The van der Waals surface area contributed by atoms with Crippen molar-refractivity contribution in [2.24, 2.45) is 34.2 Å². The fraction of sp³-hybridized carbons (Fsp3) is 0.631. The first-order valence-corrected chi connectivity index (χ1v) is 36.7. The molecule has 3 rings (SSSR count). The summed E-state index contributed by atoms with van der Waals surface area (Å²) in [6.07, 6.45) is -1.80. The second-order valence-electron chi connectivity index (χ2n) is 27.1. The van der Waals surface area contributed by atoms with Crippen LogP contribution in [0.15, 0.2) is 59.9 Å². The number of pyridine rings is 1. The highest BCUT2D eigenvalue weighted by Gasteiger charge is 2.43. The van der Waals surface area contributed by atoms with E-state index >= 15 is 14.4 Å². The number of nitrogens with two attached hydrogens (primary N) is 2. The Balaban J connectivity index is 2.43. The molecule has 1 aliphatic heterocycles. The molecule has 546 valence electrons. The molecule has 0 aliphatic carbocycles. The van der Waals surface area contributed by atoms with Gasteiger partial charge in [0.05, 0.1) is 50.0 Å². The summed E-state index contributed by atoms with van der Waals surface area (Å²) in [7, 11) is -2.25. The summed E-state index contributed by atoms with van der Waals surface area (Å²) in [4.78, 5) is 182. The van der Waals surface area contributed by atoms with E-state index in [9.17, 15) is 63.6 Å². The Bertz CT molecular complexity index is 3040. The number of unbranched alkanes of at least 4 members (excludes halogenated alkanes) is 1. The number of amides is 11. The van der Waals surface area contributed by atoms with Crippen molar-refractivity contribution < 1.29 is 82.7 Å². The van der Waals surface area contributed by atoms with Gasteiger partial charge < -0.3 is 95.1 Å². The van der Waals surface area contributed by atoms with Crippen LogP contribution in [-0.4, -0.2) is 209 Å². The Kier molecular flexibility index (Phi) is 34.3. The minimum Gasteiger partial charge on any atom is -0.444 e. The summed E-state index contributed by atoms with van der Waals surface area (Å²) in [5.74, 6) is -15.3. The number of guanidine groups is 1. The Morgan fingerprint density at radius 3 is 1.78 bits per heavy atom. The van der Waals surface area contributed by atoms with E-state index in [1.807, 2.05) is 19.6 Å². The van der Waals surface area contributed by atoms with Gasteiger partial charge in [0, 0.05) is 39.9 Å². The molecule has 1 aromatic carbocycles. The lowest BCUT2D eigenvalue weighted by molar-refractivity contribution is -0.139. The van der Waals surface area contributed by atoms with Crippen molar-refractivity contribution in [1.82, 2.24) is 63.5 Å². The van der Waals surface area contributed by atoms with Gasteiger partial charge >= 0.3 is 6.09 Å². The van der Waals surface area contributed by atoms with Gasteiger partial charge in [-0.3, -0.25) is 62.7 Å². The molecule has 11 amide bonds. The summed E-state index contributed by atoms with van der Waals surface area (Å²) >= 11 is 0. The first-order chi connectivity index (χ1) is 45.9. The maximum atomic E-state index is 15.7. The number of nitrogens with zero attached hydrogens (tertiary/aromatic N) is 2. The number of hydrogen-bond acceptors (Lipinski definition) is 19. The smallest absolute Gasteiger partial charge is 0.408 e. The number of rotatable bonds is 25. The largest absolute Gasteiger partial charge is 0.444 e. The molecule has 19 N–H and O–H groups in total. The molecule has 14 atom stereocenters. The van der Waals surface area contributed by atoms with Crippen molar-refractivity contribution in [3.8, 4) is 0 Å². The molecular weight excluding hydrogens is 1290 g/mol. The molecule has 98 heavy (non-hydrogen) atoms. The van der Waals surface area contributed by atoms with Gasteiger partial charge in [0.2, 0.25) is 59.1 Å². The highest BCUT2D eigenvalue weighted by atomic mass is 28.3. The normalized spacial score (nSPS) is 23.4. The predicted molar refractivity (Wildman–Crippen MR) is 364 cm³/mol. The van der Waals surface area contributed by atoms with Gasteiger partial charge in [0.15, 0.2) is 11.7 Å². The van der Waals surface area contributed by atoms with E-state index in [2.05, 4.69) is 68.5 Å². The Hall–Kier alpha value is -8.66. The molecule has 0 saturated carbocycles. The number of aliphatic imine (C=N–C) groups is 1. The lowest BCUT2D eigenvalue weighted by Crippen LogP contribution is -2.62. The predicted octanol–water partition coefficient (Wildman–Crippen LogP) is -2.03. The fourth-order valence-corrected chi connectivity index (χ4v) is 11.8. The van der Waals surface area contributed by atoms with Crippen molar-refractivity contribution in [3.63, 3.8) is 0 Å². The maximum absolute atomic E-state index is 15.7. The highest BCUT2D eigenvalue weighted by molar-refractivity contribution is 6.76. The van der Waals surface area contributed by atoms with Gasteiger partial charge in [-0.25, -0.2) is 4.79 Å². The Labute approximate surface area is 573 Å². The molecule has 1 unspecified atom stereocenters. The van der Waals surface area contributed by atoms with Crippen LogP contribution < -0.4 is 70.0 Å². The zero-order valence-electron chi connectivity index (χ0n) is 58.2. The van der Waals surface area contributed by atoms with E-state index in [-0.39, 0.29) is 62.6 Å². The third-order valence-corrected chi connectivity index (χ3v) is 17.5. The molecule has 0 radical (unpaired) electrons. The fourth-order valence-electron chi connectivity index (χ4n) is 10.3. The van der Waals surface area contributed by atoms with Crippen LogP contribution in [0.2, 0.25) is 25.7 Å². The van der Waals surface area contributed by atoms with Gasteiger partial charge in [-0.2, -0.15) is 0 Å². The number of Topliss-reactive ketones (excluding diaryl/α,β-unsaturated/α-hetero) is 1. The minimum atomic E-state index is -2.25. The molecule has 1 fully saturated rings. The van der Waals surface area contributed by atoms with E-state index in [4.69, 9.17) is 16.2 Å². The molecular formula is C65H105N15O17Si. The molecule has 1 saturated heterocycles. The number of ketones is 1. The lowest BCUT2D eigenvalue weighted by Gasteiger charge is -2.33. The summed E-state index contributed by atoms with van der Waals surface area (Å²) in [5, 5.41) is 71.7. The van der Waals surface area contributed by atoms with Gasteiger partial charge in [0.1, 0.15) is 53.9 Å². The van der Waals surface area contributed by atoms with E-state index in [1.165, 1.54) is 50.5 Å². The number of alkyl carbamates (subject to hydrolysis) is 1. The summed E-state index contributed by atoms with van der Waals surface area (Å²) in [6, 6.07) is -5.66. The third kappa shape index (κ3) is 28.4. The van der Waals surface area contributed by atoms with E-state index in [1.54, 1.807) is 59.7 Å². The highest BCUT2D eigenvalue weighted by Crippen LogP contribution is 2.28. The summed E-state index contributed by atoms with van der Waals surface area (Å²) < 4.78 is 5.51. The van der Waals surface area contributed by atoms with Crippen molar-refractivity contribution in [1.29, 1.82) is 0 Å². The Morgan fingerprint density at radius 1 is 0.673 bits per heavy atom. The van der Waals surface area contributed by atoms with Crippen LogP contribution in [0.5, 0.6) is 0 Å². The number of hydrogen-bond donors (Lipinski definition) is 17. The van der Waals surface area contributed by atoms with Crippen LogP contribution in [0.25, 0.3) is 0 Å². The topological polar surface area (TPSA) is 505 Å². The number of aromatic nitrogens is 1. The lowest BCUT2D eigenvalue weighted by atomic mass is 9.84. The average Bonchev–Trinajstić information content (AvgIpc) is 0.813. The molecule has 1 aliphatic rings. The van der Waals surface area contributed by atoms with Crippen LogP contribution in [0, 0.1) is 17.8 Å². The van der Waals surface area contributed by atoms with Crippen molar-refractivity contribution in [2.75, 3.05) is 26.3 Å². The monoisotopic (exact) mass is 1400 g/mol. The van der Waals surface area contributed by atoms with Crippen molar-refractivity contribution >= 4 is 85.0 Å². The number of aliphatic hydroxyl groups excluding tert-OH is 4. The summed E-state index contributed by atoms with van der Waals surface area (Å²) in [5.41, 5.74) is 10.7. The SMILES string of the molecule is CCCC[C@@H]1NC(=O)[C@H]([C@H](O)C(C)C)NC(=O)[C@@H](CC(=O)[C@H](Cc2cccnc2)NC(=O)[C@@H](C[Si](C)(C)C)NC(=O)OC(C)(C)C)[C@@H](c2ccccc2)NC(=O)C(CO)NC(=O)[C@H](CO)NC(=O)CNC(=O)[C@H]([C@H](C)O)NC(=O)[C@H]([C@@H](C)CC)NC(=O)[C@@H](CCCN=C(N)N)NC1=O. The molecule has 2 aromatic rings. The van der Waals surface area contributed by atoms with Crippen LogP contribution in [0.3, 0.4) is 0 Å². The zero-order chi connectivity index (χ0) is 73.8. The quantitative estimate of drug-likeness (QED) is 0.0221. The van der Waals surface area contributed by atoms with Crippen LogP contribution in [0.1, 0.15) is 124 Å². The first kappa shape index (κ1) is 83.6.